The molecule has 0 spiro atoms. The molecule has 0 bridgehead atoms. The van der Waals surface area contributed by atoms with Crippen LogP contribution in [0.5, 0.6) is 11.5 Å². The fourth-order valence-corrected chi connectivity index (χ4v) is 4.25. The van der Waals surface area contributed by atoms with Gasteiger partial charge in [-0.1, -0.05) is 26.0 Å². The van der Waals surface area contributed by atoms with Crippen LogP contribution in [-0.2, 0) is 11.3 Å². The van der Waals surface area contributed by atoms with Crippen molar-refractivity contribution in [1.82, 2.24) is 9.13 Å². The molecule has 1 fully saturated rings. The Balaban J connectivity index is 1.58. The van der Waals surface area contributed by atoms with E-state index in [1.54, 1.807) is 24.3 Å². The number of phenolic OH excluding ortho intramolecular Hbond substituents is 2. The van der Waals surface area contributed by atoms with Gasteiger partial charge in [-0.2, -0.15) is 4.39 Å². The molecule has 1 aliphatic heterocycles. The molecule has 3 aromatic rings. The van der Waals surface area contributed by atoms with Gasteiger partial charge in [0.25, 0.3) is 11.5 Å². The summed E-state index contributed by atoms with van der Waals surface area (Å²) in [6.45, 7) is 4.04. The summed E-state index contributed by atoms with van der Waals surface area (Å²) >= 11 is 0. The summed E-state index contributed by atoms with van der Waals surface area (Å²) in [6.07, 6.45) is 1.59. The van der Waals surface area contributed by atoms with Gasteiger partial charge in [0.2, 0.25) is 5.82 Å². The first kappa shape index (κ1) is 25.2. The summed E-state index contributed by atoms with van der Waals surface area (Å²) in [5, 5.41) is 20.3. The number of amides is 1. The van der Waals surface area contributed by atoms with E-state index in [0.717, 1.165) is 27.8 Å². The predicted molar refractivity (Wildman–Crippen MR) is 131 cm³/mol. The summed E-state index contributed by atoms with van der Waals surface area (Å²) in [6, 6.07) is 9.12. The van der Waals surface area contributed by atoms with Crippen LogP contribution in [0.15, 0.2) is 52.2 Å². The first-order valence-corrected chi connectivity index (χ1v) is 11.6. The largest absolute Gasteiger partial charge is 0.508 e. The number of benzene rings is 2. The number of aromatic nitrogens is 2. The molecule has 10 heteroatoms. The molecule has 1 aliphatic rings. The predicted octanol–water partition coefficient (Wildman–Crippen LogP) is 3.32. The van der Waals surface area contributed by atoms with Gasteiger partial charge in [0.1, 0.15) is 17.7 Å². The van der Waals surface area contributed by atoms with Crippen molar-refractivity contribution < 1.29 is 24.1 Å². The van der Waals surface area contributed by atoms with Crippen molar-refractivity contribution in [2.75, 3.05) is 18.6 Å². The molecule has 2 aromatic carbocycles. The Labute approximate surface area is 206 Å². The minimum absolute atomic E-state index is 0.0454. The summed E-state index contributed by atoms with van der Waals surface area (Å²) < 4.78 is 21.7. The first-order valence-electron chi connectivity index (χ1n) is 11.6. The smallest absolute Gasteiger partial charge is 0.333 e. The topological polar surface area (TPSA) is 114 Å². The Hall–Kier alpha value is -3.92. The van der Waals surface area contributed by atoms with Crippen LogP contribution >= 0.6 is 0 Å². The van der Waals surface area contributed by atoms with E-state index in [1.165, 1.54) is 18.0 Å². The second-order valence-electron chi connectivity index (χ2n) is 9.14. The van der Waals surface area contributed by atoms with E-state index < -0.39 is 29.2 Å². The number of phenols is 2. The van der Waals surface area contributed by atoms with Gasteiger partial charge in [-0.25, -0.2) is 4.79 Å². The van der Waals surface area contributed by atoms with Crippen molar-refractivity contribution in [2.45, 2.75) is 45.4 Å². The summed E-state index contributed by atoms with van der Waals surface area (Å²) in [5.74, 6) is -2.00. The monoisotopic (exact) mass is 497 g/mol. The normalized spacial score (nSPS) is 15.4. The number of anilines is 1. The summed E-state index contributed by atoms with van der Waals surface area (Å²) in [5.41, 5.74) is -0.0514. The minimum Gasteiger partial charge on any atom is -0.508 e. The Kier molecular flexibility index (Phi) is 6.98. The lowest BCUT2D eigenvalue weighted by Crippen LogP contribution is -2.42. The Bertz CT molecular complexity index is 1400. The number of hydrogen-bond acceptors (Lipinski definition) is 6. The zero-order valence-corrected chi connectivity index (χ0v) is 20.3. The van der Waals surface area contributed by atoms with Crippen molar-refractivity contribution in [2.24, 2.45) is 0 Å². The van der Waals surface area contributed by atoms with Crippen LogP contribution < -0.4 is 16.1 Å². The number of carbonyl (C=O) groups excluding carboxylic acids is 1. The number of aromatic hydroxyl groups is 2. The molecular formula is C26H28FN3O6. The van der Waals surface area contributed by atoms with Gasteiger partial charge in [0.05, 0.1) is 18.3 Å². The molecule has 1 saturated heterocycles. The van der Waals surface area contributed by atoms with Gasteiger partial charge in [-0.15, -0.1) is 0 Å². The SMILES string of the molecule is CC(C)c1cc(C(=O)N(C)c2ccc(Cn3c(=O)c(F)cn(C4CCCO4)c3=O)cc2)c(O)cc1O. The van der Waals surface area contributed by atoms with Crippen molar-refractivity contribution in [1.29, 1.82) is 0 Å². The molecule has 4 rings (SSSR count). The lowest BCUT2D eigenvalue weighted by atomic mass is 9.98. The number of carbonyl (C=O) groups is 1. The standard InChI is InChI=1S/C26H28FN3O6/c1-15(2)18-11-19(22(32)12-21(18)31)24(33)28(3)17-8-6-16(7-9-17)13-30-25(34)20(27)14-29(26(30)35)23-5-4-10-36-23/h6-9,11-12,14-15,23,31-32H,4-5,10,13H2,1-3H3. The molecule has 1 amide bonds. The van der Waals surface area contributed by atoms with Crippen LogP contribution in [0.3, 0.4) is 0 Å². The number of rotatable bonds is 6. The van der Waals surface area contributed by atoms with Crippen molar-refractivity contribution in [3.63, 3.8) is 0 Å². The Morgan fingerprint density at radius 3 is 2.47 bits per heavy atom. The third-order valence-corrected chi connectivity index (χ3v) is 6.34. The van der Waals surface area contributed by atoms with Crippen LogP contribution in [0.2, 0.25) is 0 Å². The lowest BCUT2D eigenvalue weighted by molar-refractivity contribution is 0.0504. The maximum atomic E-state index is 14.3. The van der Waals surface area contributed by atoms with Gasteiger partial charge in [0.15, 0.2) is 0 Å². The molecular weight excluding hydrogens is 469 g/mol. The molecule has 2 N–H and O–H groups in total. The number of ether oxygens (including phenoxy) is 1. The average Bonchev–Trinajstić information content (AvgIpc) is 3.38. The fraction of sp³-hybridized carbons (Fsp3) is 0.346. The zero-order chi connectivity index (χ0) is 26.1. The van der Waals surface area contributed by atoms with E-state index in [0.29, 0.717) is 29.8 Å². The highest BCUT2D eigenvalue weighted by atomic mass is 19.1. The van der Waals surface area contributed by atoms with Gasteiger partial charge in [-0.3, -0.25) is 18.7 Å². The third kappa shape index (κ3) is 4.76. The van der Waals surface area contributed by atoms with E-state index >= 15 is 0 Å². The molecule has 0 radical (unpaired) electrons. The molecule has 36 heavy (non-hydrogen) atoms. The summed E-state index contributed by atoms with van der Waals surface area (Å²) in [7, 11) is 1.54. The maximum absolute atomic E-state index is 14.3. The molecule has 2 heterocycles. The zero-order valence-electron chi connectivity index (χ0n) is 20.3. The molecule has 190 valence electrons. The number of halogens is 1. The van der Waals surface area contributed by atoms with Crippen molar-refractivity contribution in [3.05, 3.63) is 85.9 Å². The fourth-order valence-electron chi connectivity index (χ4n) is 4.25. The van der Waals surface area contributed by atoms with Crippen LogP contribution in [-0.4, -0.2) is 38.9 Å². The van der Waals surface area contributed by atoms with Crippen LogP contribution in [0, 0.1) is 5.82 Å². The Morgan fingerprint density at radius 2 is 1.86 bits per heavy atom. The van der Waals surface area contributed by atoms with Crippen molar-refractivity contribution >= 4 is 11.6 Å². The number of nitrogens with zero attached hydrogens (tertiary/aromatic N) is 3. The summed E-state index contributed by atoms with van der Waals surface area (Å²) in [4.78, 5) is 39.6. The third-order valence-electron chi connectivity index (χ3n) is 6.34. The maximum Gasteiger partial charge on any atom is 0.333 e. The van der Waals surface area contributed by atoms with E-state index in [9.17, 15) is 29.0 Å². The first-order chi connectivity index (χ1) is 17.1. The highest BCUT2D eigenvalue weighted by Crippen LogP contribution is 2.33. The van der Waals surface area contributed by atoms with Crippen molar-refractivity contribution in [3.8, 4) is 11.5 Å². The average molecular weight is 498 g/mol. The quantitative estimate of drug-likeness (QED) is 0.540. The minimum atomic E-state index is -1.04. The van der Waals surface area contributed by atoms with Crippen LogP contribution in [0.25, 0.3) is 0 Å². The van der Waals surface area contributed by atoms with E-state index in [2.05, 4.69) is 0 Å². The van der Waals surface area contributed by atoms with Crippen LogP contribution in [0.1, 0.15) is 60.3 Å². The van der Waals surface area contributed by atoms with Gasteiger partial charge in [-0.05, 0) is 48.1 Å². The molecule has 0 aliphatic carbocycles. The van der Waals surface area contributed by atoms with Gasteiger partial charge >= 0.3 is 5.69 Å². The Morgan fingerprint density at radius 1 is 1.17 bits per heavy atom. The second-order valence-corrected chi connectivity index (χ2v) is 9.14. The molecule has 1 unspecified atom stereocenters. The number of hydrogen-bond donors (Lipinski definition) is 2. The molecule has 9 nitrogen and oxygen atoms in total. The van der Waals surface area contributed by atoms with E-state index in [1.807, 2.05) is 13.8 Å². The van der Waals surface area contributed by atoms with Crippen LogP contribution in [0.4, 0.5) is 10.1 Å². The van der Waals surface area contributed by atoms with Gasteiger partial charge < -0.3 is 19.8 Å². The second kappa shape index (κ2) is 9.98. The van der Waals surface area contributed by atoms with Gasteiger partial charge in [0, 0.05) is 25.4 Å². The highest BCUT2D eigenvalue weighted by molar-refractivity contribution is 6.07. The molecule has 1 aromatic heterocycles. The highest BCUT2D eigenvalue weighted by Gasteiger charge is 2.23. The lowest BCUT2D eigenvalue weighted by Gasteiger charge is -2.20. The molecule has 1 atom stereocenters. The molecule has 0 saturated carbocycles. The van der Waals surface area contributed by atoms with E-state index in [-0.39, 0.29) is 29.5 Å². The van der Waals surface area contributed by atoms with E-state index in [4.69, 9.17) is 4.74 Å².